The van der Waals surface area contributed by atoms with Gasteiger partial charge in [0, 0.05) is 10.0 Å². The lowest BCUT2D eigenvalue weighted by atomic mass is 10.0. The molecule has 0 heterocycles. The number of benzene rings is 1. The Morgan fingerprint density at radius 3 is 2.73 bits per heavy atom. The number of aliphatic hydroxyl groups is 1. The van der Waals surface area contributed by atoms with Crippen molar-refractivity contribution < 1.29 is 9.84 Å². The summed E-state index contributed by atoms with van der Waals surface area (Å²) in [5, 5.41) is 9.95. The number of nitrogens with two attached hydrogens (primary N) is 1. The number of aliphatic hydroxyl groups excluding tert-OH is 1. The molecule has 1 unspecified atom stereocenters. The van der Waals surface area contributed by atoms with Crippen molar-refractivity contribution in [2.75, 3.05) is 13.7 Å². The minimum absolute atomic E-state index is 0.449. The lowest BCUT2D eigenvalue weighted by Crippen LogP contribution is -2.09. The first-order chi connectivity index (χ1) is 7.11. The Morgan fingerprint density at radius 2 is 2.20 bits per heavy atom. The Bertz CT molecular complexity index is 342. The molecule has 3 N–H and O–H groups in total. The van der Waals surface area contributed by atoms with Crippen molar-refractivity contribution in [3.63, 3.8) is 0 Å². The summed E-state index contributed by atoms with van der Waals surface area (Å²) >= 11 is 3.46. The zero-order valence-electron chi connectivity index (χ0n) is 8.96. The van der Waals surface area contributed by atoms with Gasteiger partial charge >= 0.3 is 0 Å². The van der Waals surface area contributed by atoms with Crippen LogP contribution in [0.3, 0.4) is 0 Å². The fraction of sp³-hybridized carbons (Fsp3) is 0.455. The molecule has 1 atom stereocenters. The first-order valence-corrected chi connectivity index (χ1v) is 5.62. The van der Waals surface area contributed by atoms with Gasteiger partial charge in [0.1, 0.15) is 5.75 Å². The van der Waals surface area contributed by atoms with Crippen molar-refractivity contribution in [1.82, 2.24) is 0 Å². The molecule has 15 heavy (non-hydrogen) atoms. The molecular weight excluding hydrogens is 258 g/mol. The zero-order chi connectivity index (χ0) is 11.4. The summed E-state index contributed by atoms with van der Waals surface area (Å²) < 4.78 is 6.11. The molecule has 0 fully saturated rings. The minimum atomic E-state index is -0.584. The number of rotatable bonds is 4. The molecule has 3 nitrogen and oxygen atoms in total. The van der Waals surface area contributed by atoms with Crippen LogP contribution in [0.1, 0.15) is 23.7 Å². The summed E-state index contributed by atoms with van der Waals surface area (Å²) in [6, 6.07) is 3.80. The van der Waals surface area contributed by atoms with E-state index in [-0.39, 0.29) is 0 Å². The molecule has 84 valence electrons. The van der Waals surface area contributed by atoms with Crippen LogP contribution < -0.4 is 10.5 Å². The van der Waals surface area contributed by atoms with Crippen molar-refractivity contribution in [1.29, 1.82) is 0 Å². The lowest BCUT2D eigenvalue weighted by Gasteiger charge is -2.17. The van der Waals surface area contributed by atoms with Crippen LogP contribution in [0.2, 0.25) is 0 Å². The van der Waals surface area contributed by atoms with E-state index in [2.05, 4.69) is 15.9 Å². The average molecular weight is 274 g/mol. The second-order valence-corrected chi connectivity index (χ2v) is 4.20. The van der Waals surface area contributed by atoms with Gasteiger partial charge in [-0.25, -0.2) is 0 Å². The first kappa shape index (κ1) is 12.5. The maximum atomic E-state index is 9.95. The molecule has 0 aliphatic carbocycles. The van der Waals surface area contributed by atoms with Gasteiger partial charge in [0.2, 0.25) is 0 Å². The largest absolute Gasteiger partial charge is 0.496 e. The van der Waals surface area contributed by atoms with Crippen LogP contribution in [0.25, 0.3) is 0 Å². The van der Waals surface area contributed by atoms with E-state index in [1.54, 1.807) is 7.11 Å². The number of hydrogen-bond donors (Lipinski definition) is 2. The van der Waals surface area contributed by atoms with Crippen molar-refractivity contribution in [3.8, 4) is 5.75 Å². The van der Waals surface area contributed by atoms with E-state index in [1.165, 1.54) is 0 Å². The van der Waals surface area contributed by atoms with Crippen molar-refractivity contribution >= 4 is 15.9 Å². The number of methoxy groups -OCH3 is 1. The molecule has 0 radical (unpaired) electrons. The molecule has 0 saturated heterocycles. The van der Waals surface area contributed by atoms with Gasteiger partial charge in [-0.15, -0.1) is 0 Å². The van der Waals surface area contributed by atoms with E-state index in [0.717, 1.165) is 15.6 Å². The highest BCUT2D eigenvalue weighted by Gasteiger charge is 2.17. The fourth-order valence-corrected chi connectivity index (χ4v) is 2.07. The summed E-state index contributed by atoms with van der Waals surface area (Å²) in [7, 11) is 1.59. The van der Waals surface area contributed by atoms with E-state index in [9.17, 15) is 5.11 Å². The summed E-state index contributed by atoms with van der Waals surface area (Å²) in [5.74, 6) is 0.688. The highest BCUT2D eigenvalue weighted by molar-refractivity contribution is 9.10. The van der Waals surface area contributed by atoms with Gasteiger partial charge in [-0.1, -0.05) is 6.07 Å². The average Bonchev–Trinajstić information content (AvgIpc) is 2.22. The highest BCUT2D eigenvalue weighted by atomic mass is 79.9. The third-order valence-corrected chi connectivity index (χ3v) is 3.38. The van der Waals surface area contributed by atoms with Crippen LogP contribution in [0, 0.1) is 6.92 Å². The molecule has 1 rings (SSSR count). The second-order valence-electron chi connectivity index (χ2n) is 3.41. The van der Waals surface area contributed by atoms with E-state index in [0.29, 0.717) is 18.7 Å². The molecule has 1 aromatic rings. The first-order valence-electron chi connectivity index (χ1n) is 4.83. The summed E-state index contributed by atoms with van der Waals surface area (Å²) in [5.41, 5.74) is 7.28. The zero-order valence-corrected chi connectivity index (χ0v) is 10.5. The van der Waals surface area contributed by atoms with Crippen LogP contribution in [-0.2, 0) is 0 Å². The van der Waals surface area contributed by atoms with Crippen LogP contribution >= 0.6 is 15.9 Å². The Labute approximate surface area is 98.4 Å². The van der Waals surface area contributed by atoms with E-state index in [4.69, 9.17) is 10.5 Å². The molecule has 0 aliphatic heterocycles. The number of hydrogen-bond acceptors (Lipinski definition) is 3. The number of halogens is 1. The number of aryl methyl sites for hydroxylation is 1. The van der Waals surface area contributed by atoms with Gasteiger partial charge in [-0.05, 0) is 47.4 Å². The smallest absolute Gasteiger partial charge is 0.125 e. The van der Waals surface area contributed by atoms with E-state index < -0.39 is 6.10 Å². The van der Waals surface area contributed by atoms with Crippen molar-refractivity contribution in [2.45, 2.75) is 19.4 Å². The Balaban J connectivity index is 3.17. The monoisotopic (exact) mass is 273 g/mol. The summed E-state index contributed by atoms with van der Waals surface area (Å²) in [6.45, 7) is 2.42. The molecule has 0 amide bonds. The van der Waals surface area contributed by atoms with Crippen LogP contribution in [-0.4, -0.2) is 18.8 Å². The highest BCUT2D eigenvalue weighted by Crippen LogP contribution is 2.35. The fourth-order valence-electron chi connectivity index (χ4n) is 1.47. The van der Waals surface area contributed by atoms with Crippen molar-refractivity contribution in [2.24, 2.45) is 5.73 Å². The Morgan fingerprint density at radius 1 is 1.53 bits per heavy atom. The predicted molar refractivity (Wildman–Crippen MR) is 64.1 cm³/mol. The third-order valence-electron chi connectivity index (χ3n) is 2.33. The van der Waals surface area contributed by atoms with Crippen LogP contribution in [0.4, 0.5) is 0 Å². The van der Waals surface area contributed by atoms with E-state index in [1.807, 2.05) is 19.1 Å². The van der Waals surface area contributed by atoms with E-state index >= 15 is 0 Å². The molecule has 0 aliphatic rings. The van der Waals surface area contributed by atoms with Gasteiger partial charge in [-0.3, -0.25) is 0 Å². The SMILES string of the molecule is COc1ccc(C)c(Br)c1C(O)CCN. The van der Waals surface area contributed by atoms with Crippen molar-refractivity contribution in [3.05, 3.63) is 27.7 Å². The lowest BCUT2D eigenvalue weighted by molar-refractivity contribution is 0.165. The normalized spacial score (nSPS) is 12.6. The maximum absolute atomic E-state index is 9.95. The topological polar surface area (TPSA) is 55.5 Å². The third kappa shape index (κ3) is 2.71. The second kappa shape index (κ2) is 5.49. The van der Waals surface area contributed by atoms with Gasteiger partial charge in [0.15, 0.2) is 0 Å². The Hall–Kier alpha value is -0.580. The van der Waals surface area contributed by atoms with Gasteiger partial charge < -0.3 is 15.6 Å². The predicted octanol–water partition coefficient (Wildman–Crippen LogP) is 2.15. The summed E-state index contributed by atoms with van der Waals surface area (Å²) in [6.07, 6.45) is -0.0578. The molecular formula is C11H16BrNO2. The van der Waals surface area contributed by atoms with Crippen LogP contribution in [0.5, 0.6) is 5.75 Å². The summed E-state index contributed by atoms with van der Waals surface area (Å²) in [4.78, 5) is 0. The quantitative estimate of drug-likeness (QED) is 0.884. The van der Waals surface area contributed by atoms with Gasteiger partial charge in [-0.2, -0.15) is 0 Å². The molecule has 4 heteroatoms. The van der Waals surface area contributed by atoms with Crippen LogP contribution in [0.15, 0.2) is 16.6 Å². The van der Waals surface area contributed by atoms with Gasteiger partial charge in [0.05, 0.1) is 13.2 Å². The molecule has 0 saturated carbocycles. The molecule has 0 spiro atoms. The molecule has 1 aromatic carbocycles. The minimum Gasteiger partial charge on any atom is -0.496 e. The number of ether oxygens (including phenoxy) is 1. The van der Waals surface area contributed by atoms with Gasteiger partial charge in [0.25, 0.3) is 0 Å². The molecule has 0 aromatic heterocycles. The maximum Gasteiger partial charge on any atom is 0.125 e. The standard InChI is InChI=1S/C11H16BrNO2/c1-7-3-4-9(15-2)10(11(7)12)8(14)5-6-13/h3-4,8,14H,5-6,13H2,1-2H3. The molecule has 0 bridgehead atoms. The Kier molecular flexibility index (Phi) is 4.57.